The Labute approximate surface area is 150 Å². The fourth-order valence-electron chi connectivity index (χ4n) is 2.78. The van der Waals surface area contributed by atoms with Crippen LogP contribution in [0.1, 0.15) is 11.3 Å². The Morgan fingerprint density at radius 3 is 2.42 bits per heavy atom. The van der Waals surface area contributed by atoms with Crippen LogP contribution in [0.5, 0.6) is 0 Å². The number of hydrogen-bond donors (Lipinski definition) is 1. The van der Waals surface area contributed by atoms with Crippen molar-refractivity contribution in [1.82, 2.24) is 13.9 Å². The minimum absolute atomic E-state index is 0.155. The molecule has 0 unspecified atom stereocenters. The largest absolute Gasteiger partial charge is 0.318 e. The first-order valence-electron chi connectivity index (χ1n) is 8.19. The molecule has 7 heteroatoms. The van der Waals surface area contributed by atoms with Crippen LogP contribution in [-0.2, 0) is 18.4 Å². The Bertz CT molecular complexity index is 1070. The minimum Gasteiger partial charge on any atom is -0.318 e. The number of carbonyl (C=O) groups excluding carboxylic acids is 1. The average Bonchev–Trinajstić information content (AvgIpc) is 2.82. The number of amides is 1. The molecule has 0 saturated heterocycles. The minimum atomic E-state index is -0.429. The van der Waals surface area contributed by atoms with E-state index >= 15 is 0 Å². The first-order chi connectivity index (χ1) is 12.4. The van der Waals surface area contributed by atoms with Gasteiger partial charge in [-0.05, 0) is 37.6 Å². The molecule has 0 bridgehead atoms. The molecular weight excluding hydrogens is 332 g/mol. The van der Waals surface area contributed by atoms with Crippen molar-refractivity contribution in [2.75, 3.05) is 5.32 Å². The summed E-state index contributed by atoms with van der Waals surface area (Å²) in [6.45, 7) is 3.41. The van der Waals surface area contributed by atoms with Gasteiger partial charge in [0.1, 0.15) is 12.2 Å². The summed E-state index contributed by atoms with van der Waals surface area (Å²) in [5.41, 5.74) is 1.80. The summed E-state index contributed by atoms with van der Waals surface area (Å²) in [4.78, 5) is 37.0. The zero-order valence-corrected chi connectivity index (χ0v) is 14.9. The lowest BCUT2D eigenvalue weighted by Crippen LogP contribution is -2.29. The lowest BCUT2D eigenvalue weighted by Gasteiger charge is -2.07. The number of aromatic nitrogens is 3. The molecule has 0 aliphatic heterocycles. The second-order valence-corrected chi connectivity index (χ2v) is 6.15. The zero-order chi connectivity index (χ0) is 18.8. The lowest BCUT2D eigenvalue weighted by atomic mass is 10.3. The number of hydrogen-bond acceptors (Lipinski definition) is 3. The zero-order valence-electron chi connectivity index (χ0n) is 14.9. The van der Waals surface area contributed by atoms with Gasteiger partial charge in [-0.2, -0.15) is 0 Å². The van der Waals surface area contributed by atoms with E-state index in [1.807, 2.05) is 37.3 Å². The lowest BCUT2D eigenvalue weighted by molar-refractivity contribution is -0.116. The molecule has 2 heterocycles. The van der Waals surface area contributed by atoms with Crippen LogP contribution >= 0.6 is 0 Å². The van der Waals surface area contributed by atoms with Gasteiger partial charge in [0, 0.05) is 19.3 Å². The van der Waals surface area contributed by atoms with Gasteiger partial charge in [0.05, 0.1) is 11.4 Å². The molecule has 1 aromatic carbocycles. The number of aryl methyl sites for hydroxylation is 1. The van der Waals surface area contributed by atoms with Gasteiger partial charge >= 0.3 is 0 Å². The summed E-state index contributed by atoms with van der Waals surface area (Å²) in [7, 11) is 1.75. The van der Waals surface area contributed by atoms with Crippen LogP contribution in [0.15, 0.2) is 58.3 Å². The molecule has 0 saturated carbocycles. The first kappa shape index (κ1) is 17.5. The molecule has 2 aromatic heterocycles. The summed E-state index contributed by atoms with van der Waals surface area (Å²) in [6, 6.07) is 12.4. The number of rotatable bonds is 4. The van der Waals surface area contributed by atoms with E-state index in [0.717, 1.165) is 5.56 Å². The van der Waals surface area contributed by atoms with Gasteiger partial charge in [-0.3, -0.25) is 19.1 Å². The summed E-state index contributed by atoms with van der Waals surface area (Å²) >= 11 is 0. The number of carbonyl (C=O) groups is 1. The van der Waals surface area contributed by atoms with E-state index in [-0.39, 0.29) is 23.4 Å². The summed E-state index contributed by atoms with van der Waals surface area (Å²) in [5, 5.41) is 2.65. The van der Waals surface area contributed by atoms with Gasteiger partial charge in [-0.1, -0.05) is 18.2 Å². The van der Waals surface area contributed by atoms with E-state index in [1.54, 1.807) is 30.9 Å². The van der Waals surface area contributed by atoms with Crippen molar-refractivity contribution < 1.29 is 4.79 Å². The predicted octanol–water partition coefficient (Wildman–Crippen LogP) is 1.59. The smallest absolute Gasteiger partial charge is 0.295 e. The van der Waals surface area contributed by atoms with Crippen LogP contribution in [0.2, 0.25) is 0 Å². The van der Waals surface area contributed by atoms with E-state index in [9.17, 15) is 14.4 Å². The normalized spacial score (nSPS) is 10.7. The number of anilines is 1. The quantitative estimate of drug-likeness (QED) is 0.775. The summed E-state index contributed by atoms with van der Waals surface area (Å²) in [6.07, 6.45) is 1.57. The SMILES string of the molecule is Cc1ccn(CC(=O)Nc2c(C)n(C)n(-c3ccccc3)c2=O)c(=O)c1. The number of benzene rings is 1. The number of nitrogens with zero attached hydrogens (tertiary/aromatic N) is 3. The second kappa shape index (κ2) is 6.87. The molecule has 0 spiro atoms. The molecule has 1 amide bonds. The fourth-order valence-corrected chi connectivity index (χ4v) is 2.78. The van der Waals surface area contributed by atoms with Crippen molar-refractivity contribution in [3.8, 4) is 5.69 Å². The fraction of sp³-hybridized carbons (Fsp3) is 0.211. The molecule has 134 valence electrons. The third kappa shape index (κ3) is 3.23. The van der Waals surface area contributed by atoms with Gasteiger partial charge in [0.15, 0.2) is 0 Å². The van der Waals surface area contributed by atoms with E-state index in [1.165, 1.54) is 15.3 Å². The van der Waals surface area contributed by atoms with Crippen LogP contribution in [0, 0.1) is 13.8 Å². The van der Waals surface area contributed by atoms with Gasteiger partial charge < -0.3 is 9.88 Å². The average molecular weight is 352 g/mol. The highest BCUT2D eigenvalue weighted by atomic mass is 16.2. The molecule has 3 rings (SSSR count). The Balaban J connectivity index is 1.90. The molecule has 7 nitrogen and oxygen atoms in total. The van der Waals surface area contributed by atoms with Gasteiger partial charge in [0.25, 0.3) is 11.1 Å². The van der Waals surface area contributed by atoms with Crippen molar-refractivity contribution in [2.45, 2.75) is 20.4 Å². The number of nitrogens with one attached hydrogen (secondary N) is 1. The third-order valence-electron chi connectivity index (χ3n) is 4.28. The molecule has 0 aliphatic rings. The Hall–Kier alpha value is -3.35. The van der Waals surface area contributed by atoms with E-state index in [4.69, 9.17) is 0 Å². The van der Waals surface area contributed by atoms with Gasteiger partial charge in [-0.25, -0.2) is 4.68 Å². The molecule has 0 radical (unpaired) electrons. The molecule has 0 aliphatic carbocycles. The molecule has 3 aromatic rings. The maximum atomic E-state index is 12.8. The van der Waals surface area contributed by atoms with Crippen LogP contribution in [-0.4, -0.2) is 19.8 Å². The molecule has 0 atom stereocenters. The van der Waals surface area contributed by atoms with E-state index in [2.05, 4.69) is 5.32 Å². The van der Waals surface area contributed by atoms with Crippen LogP contribution < -0.4 is 16.4 Å². The van der Waals surface area contributed by atoms with Crippen molar-refractivity contribution in [3.05, 3.63) is 80.6 Å². The van der Waals surface area contributed by atoms with E-state index in [0.29, 0.717) is 11.4 Å². The van der Waals surface area contributed by atoms with E-state index < -0.39 is 5.91 Å². The molecule has 1 N–H and O–H groups in total. The van der Waals surface area contributed by atoms with Crippen molar-refractivity contribution in [3.63, 3.8) is 0 Å². The number of pyridine rings is 1. The topological polar surface area (TPSA) is 78.0 Å². The van der Waals surface area contributed by atoms with Crippen molar-refractivity contribution >= 4 is 11.6 Å². The van der Waals surface area contributed by atoms with Crippen molar-refractivity contribution in [1.29, 1.82) is 0 Å². The van der Waals surface area contributed by atoms with Crippen LogP contribution in [0.3, 0.4) is 0 Å². The highest BCUT2D eigenvalue weighted by molar-refractivity contribution is 5.91. The second-order valence-electron chi connectivity index (χ2n) is 6.15. The Morgan fingerprint density at radius 2 is 1.77 bits per heavy atom. The number of para-hydroxylation sites is 1. The van der Waals surface area contributed by atoms with Crippen LogP contribution in [0.25, 0.3) is 5.69 Å². The molecule has 26 heavy (non-hydrogen) atoms. The Morgan fingerprint density at radius 1 is 1.08 bits per heavy atom. The van der Waals surface area contributed by atoms with Crippen LogP contribution in [0.4, 0.5) is 5.69 Å². The highest BCUT2D eigenvalue weighted by Crippen LogP contribution is 2.13. The standard InChI is InChI=1S/C19H20N4O3/c1-13-9-10-22(17(25)11-13)12-16(24)20-18-14(2)21(3)23(19(18)26)15-7-5-4-6-8-15/h4-11H,12H2,1-3H3,(H,20,24). The maximum Gasteiger partial charge on any atom is 0.295 e. The third-order valence-corrected chi connectivity index (χ3v) is 4.28. The maximum absolute atomic E-state index is 12.8. The summed E-state index contributed by atoms with van der Waals surface area (Å²) < 4.78 is 4.48. The Kier molecular flexibility index (Phi) is 4.62. The monoisotopic (exact) mass is 352 g/mol. The summed E-state index contributed by atoms with van der Waals surface area (Å²) in [5.74, 6) is -0.429. The highest BCUT2D eigenvalue weighted by Gasteiger charge is 2.18. The molecule has 0 fully saturated rings. The van der Waals surface area contributed by atoms with Gasteiger partial charge in [-0.15, -0.1) is 0 Å². The van der Waals surface area contributed by atoms with Crippen molar-refractivity contribution in [2.24, 2.45) is 7.05 Å². The molecular formula is C19H20N4O3. The van der Waals surface area contributed by atoms with Gasteiger partial charge in [0.2, 0.25) is 5.91 Å². The first-order valence-corrected chi connectivity index (χ1v) is 8.19. The predicted molar refractivity (Wildman–Crippen MR) is 99.8 cm³/mol.